The van der Waals surface area contributed by atoms with Crippen LogP contribution in [0.25, 0.3) is 11.1 Å². The summed E-state index contributed by atoms with van der Waals surface area (Å²) in [5.41, 5.74) is 4.40. The molecule has 2 aliphatic rings. The Balaban J connectivity index is 1.39. The summed E-state index contributed by atoms with van der Waals surface area (Å²) in [6.45, 7) is 2.78. The number of rotatable bonds is 8. The van der Waals surface area contributed by atoms with Crippen LogP contribution < -0.4 is 5.32 Å². The first-order chi connectivity index (χ1) is 16.8. The van der Waals surface area contributed by atoms with Crippen LogP contribution in [0.2, 0.25) is 0 Å². The number of benzene rings is 2. The molecule has 35 heavy (non-hydrogen) atoms. The zero-order valence-corrected chi connectivity index (χ0v) is 19.9. The standard InChI is InChI=1S/C27H32N2O6/c1-17(30)18-12-14-29(15-13-18)26(33)24(10-11-25(31)32)28-27(34)35-16-23-21-8-4-2-6-19(21)20-7-3-5-9-22(20)23/h2-9,17-18,23-24,30H,10-16H2,1H3,(H,28,34)(H,31,32)/t17-,24?/m1/s1. The minimum absolute atomic E-state index is 0.0192. The number of amides is 2. The number of piperidine rings is 1. The summed E-state index contributed by atoms with van der Waals surface area (Å²) in [4.78, 5) is 38.6. The Labute approximate surface area is 204 Å². The Bertz CT molecular complexity index is 1030. The minimum Gasteiger partial charge on any atom is -0.481 e. The van der Waals surface area contributed by atoms with Crippen LogP contribution >= 0.6 is 0 Å². The van der Waals surface area contributed by atoms with Gasteiger partial charge in [-0.1, -0.05) is 48.5 Å². The second-order valence-corrected chi connectivity index (χ2v) is 9.36. The average Bonchev–Trinajstić information content (AvgIpc) is 3.18. The summed E-state index contributed by atoms with van der Waals surface area (Å²) in [6.07, 6.45) is -0.109. The number of carbonyl (C=O) groups is 3. The van der Waals surface area contributed by atoms with Crippen molar-refractivity contribution < 1.29 is 29.3 Å². The summed E-state index contributed by atoms with van der Waals surface area (Å²) in [7, 11) is 0. The maximum absolute atomic E-state index is 13.1. The predicted octanol–water partition coefficient (Wildman–Crippen LogP) is 3.38. The smallest absolute Gasteiger partial charge is 0.407 e. The lowest BCUT2D eigenvalue weighted by Gasteiger charge is -2.35. The number of alkyl carbamates (subject to hydrolysis) is 1. The van der Waals surface area contributed by atoms with Crippen molar-refractivity contribution in [3.63, 3.8) is 0 Å². The van der Waals surface area contributed by atoms with Crippen molar-refractivity contribution in [3.8, 4) is 11.1 Å². The molecule has 0 radical (unpaired) electrons. The molecular weight excluding hydrogens is 448 g/mol. The molecule has 1 heterocycles. The van der Waals surface area contributed by atoms with Gasteiger partial charge in [0.15, 0.2) is 0 Å². The van der Waals surface area contributed by atoms with Crippen LogP contribution in [0.1, 0.15) is 49.7 Å². The molecule has 0 spiro atoms. The van der Waals surface area contributed by atoms with Crippen LogP contribution in [0.4, 0.5) is 4.79 Å². The van der Waals surface area contributed by atoms with Crippen LogP contribution in [0.5, 0.6) is 0 Å². The lowest BCUT2D eigenvalue weighted by Crippen LogP contribution is -2.51. The van der Waals surface area contributed by atoms with Gasteiger partial charge in [-0.2, -0.15) is 0 Å². The van der Waals surface area contributed by atoms with E-state index < -0.39 is 24.2 Å². The molecule has 4 rings (SSSR count). The van der Waals surface area contributed by atoms with Crippen molar-refractivity contribution in [2.75, 3.05) is 19.7 Å². The normalized spacial score (nSPS) is 17.3. The van der Waals surface area contributed by atoms with E-state index >= 15 is 0 Å². The quantitative estimate of drug-likeness (QED) is 0.533. The second kappa shape index (κ2) is 10.9. The fraction of sp³-hybridized carbons (Fsp3) is 0.444. The molecule has 8 heteroatoms. The molecule has 0 saturated carbocycles. The molecule has 186 valence electrons. The molecule has 3 N–H and O–H groups in total. The molecular formula is C27H32N2O6. The lowest BCUT2D eigenvalue weighted by atomic mass is 9.92. The monoisotopic (exact) mass is 480 g/mol. The van der Waals surface area contributed by atoms with Gasteiger partial charge in [-0.25, -0.2) is 4.79 Å². The van der Waals surface area contributed by atoms with E-state index in [1.807, 2.05) is 36.4 Å². The second-order valence-electron chi connectivity index (χ2n) is 9.36. The number of hydrogen-bond acceptors (Lipinski definition) is 5. The largest absolute Gasteiger partial charge is 0.481 e. The molecule has 0 aromatic heterocycles. The van der Waals surface area contributed by atoms with Crippen LogP contribution in [0, 0.1) is 5.92 Å². The fourth-order valence-corrected chi connectivity index (χ4v) is 5.13. The van der Waals surface area contributed by atoms with E-state index in [0.29, 0.717) is 25.9 Å². The third-order valence-electron chi connectivity index (χ3n) is 7.11. The van der Waals surface area contributed by atoms with Crippen molar-refractivity contribution in [2.24, 2.45) is 5.92 Å². The van der Waals surface area contributed by atoms with Crippen molar-refractivity contribution in [2.45, 2.75) is 50.7 Å². The molecule has 8 nitrogen and oxygen atoms in total. The van der Waals surface area contributed by atoms with Gasteiger partial charge >= 0.3 is 12.1 Å². The number of carboxylic acids is 1. The Morgan fingerprint density at radius 1 is 1.03 bits per heavy atom. The number of nitrogens with one attached hydrogen (secondary N) is 1. The van der Waals surface area contributed by atoms with Gasteiger partial charge in [0, 0.05) is 25.4 Å². The Morgan fingerprint density at radius 3 is 2.14 bits per heavy atom. The maximum atomic E-state index is 13.1. The number of nitrogens with zero attached hydrogens (tertiary/aromatic N) is 1. The summed E-state index contributed by atoms with van der Waals surface area (Å²) < 4.78 is 5.56. The van der Waals surface area contributed by atoms with Gasteiger partial charge < -0.3 is 25.2 Å². The first-order valence-corrected chi connectivity index (χ1v) is 12.1. The SMILES string of the molecule is C[C@@H](O)C1CCN(C(=O)C(CCC(=O)O)NC(=O)OCC2c3ccccc3-c3ccccc32)CC1. The number of ether oxygens (including phenoxy) is 1. The van der Waals surface area contributed by atoms with Crippen molar-refractivity contribution in [1.29, 1.82) is 0 Å². The molecule has 2 aromatic carbocycles. The number of carboxylic acid groups (broad SMARTS) is 1. The summed E-state index contributed by atoms with van der Waals surface area (Å²) in [6, 6.07) is 15.0. The van der Waals surface area contributed by atoms with Crippen molar-refractivity contribution in [1.82, 2.24) is 10.2 Å². The van der Waals surface area contributed by atoms with E-state index in [4.69, 9.17) is 9.84 Å². The highest BCUT2D eigenvalue weighted by Crippen LogP contribution is 2.44. The summed E-state index contributed by atoms with van der Waals surface area (Å²) in [5, 5.41) is 21.5. The third kappa shape index (κ3) is 5.65. The molecule has 1 aliphatic heterocycles. The van der Waals surface area contributed by atoms with Gasteiger partial charge in [-0.05, 0) is 54.4 Å². The molecule has 2 amide bonds. The molecule has 1 fully saturated rings. The topological polar surface area (TPSA) is 116 Å². The van der Waals surface area contributed by atoms with Gasteiger partial charge in [-0.15, -0.1) is 0 Å². The Hall–Kier alpha value is -3.39. The fourth-order valence-electron chi connectivity index (χ4n) is 5.13. The maximum Gasteiger partial charge on any atom is 0.407 e. The van der Waals surface area contributed by atoms with Crippen LogP contribution in [0.15, 0.2) is 48.5 Å². The molecule has 2 atom stereocenters. The zero-order chi connectivity index (χ0) is 24.9. The van der Waals surface area contributed by atoms with E-state index in [1.165, 1.54) is 0 Å². The number of aliphatic carboxylic acids is 1. The van der Waals surface area contributed by atoms with Crippen LogP contribution in [-0.4, -0.2) is 64.9 Å². The third-order valence-corrected chi connectivity index (χ3v) is 7.11. The van der Waals surface area contributed by atoms with Crippen molar-refractivity contribution in [3.05, 3.63) is 59.7 Å². The van der Waals surface area contributed by atoms with E-state index in [9.17, 15) is 19.5 Å². The first-order valence-electron chi connectivity index (χ1n) is 12.1. The lowest BCUT2D eigenvalue weighted by molar-refractivity contribution is -0.138. The molecule has 0 bridgehead atoms. The Morgan fingerprint density at radius 2 is 1.60 bits per heavy atom. The van der Waals surface area contributed by atoms with Crippen LogP contribution in [-0.2, 0) is 14.3 Å². The van der Waals surface area contributed by atoms with Crippen LogP contribution in [0.3, 0.4) is 0 Å². The van der Waals surface area contributed by atoms with Crippen molar-refractivity contribution >= 4 is 18.0 Å². The molecule has 1 saturated heterocycles. The number of likely N-dealkylation sites (tertiary alicyclic amines) is 1. The van der Waals surface area contributed by atoms with Gasteiger partial charge in [0.1, 0.15) is 12.6 Å². The number of aliphatic hydroxyl groups is 1. The first kappa shape index (κ1) is 24.7. The van der Waals surface area contributed by atoms with E-state index in [0.717, 1.165) is 22.3 Å². The summed E-state index contributed by atoms with van der Waals surface area (Å²) in [5.74, 6) is -1.33. The molecule has 2 aromatic rings. The predicted molar refractivity (Wildman–Crippen MR) is 130 cm³/mol. The number of aliphatic hydroxyl groups excluding tert-OH is 1. The number of fused-ring (bicyclic) bond motifs is 3. The highest BCUT2D eigenvalue weighted by molar-refractivity contribution is 5.86. The van der Waals surface area contributed by atoms with Gasteiger partial charge in [-0.3, -0.25) is 9.59 Å². The number of carbonyl (C=O) groups excluding carboxylic acids is 2. The molecule has 1 aliphatic carbocycles. The highest BCUT2D eigenvalue weighted by Gasteiger charge is 2.32. The van der Waals surface area contributed by atoms with E-state index in [1.54, 1.807) is 11.8 Å². The minimum atomic E-state index is -1.04. The van der Waals surface area contributed by atoms with Gasteiger partial charge in [0.2, 0.25) is 5.91 Å². The highest BCUT2D eigenvalue weighted by atomic mass is 16.5. The summed E-state index contributed by atoms with van der Waals surface area (Å²) >= 11 is 0. The van der Waals surface area contributed by atoms with E-state index in [2.05, 4.69) is 17.4 Å². The molecule has 1 unspecified atom stereocenters. The van der Waals surface area contributed by atoms with Gasteiger partial charge in [0.05, 0.1) is 6.10 Å². The number of hydrogen-bond donors (Lipinski definition) is 3. The zero-order valence-electron chi connectivity index (χ0n) is 19.9. The average molecular weight is 481 g/mol. The van der Waals surface area contributed by atoms with E-state index in [-0.39, 0.29) is 37.2 Å². The van der Waals surface area contributed by atoms with Gasteiger partial charge in [0.25, 0.3) is 0 Å². The Kier molecular flexibility index (Phi) is 7.70.